The normalized spacial score (nSPS) is 19.0. The first-order valence-electron chi connectivity index (χ1n) is 23.6. The Hall–Kier alpha value is -5.65. The van der Waals surface area contributed by atoms with Gasteiger partial charge in [0.25, 0.3) is 21.6 Å². The lowest BCUT2D eigenvalue weighted by molar-refractivity contribution is -0.384. The second kappa shape index (κ2) is 20.1. The van der Waals surface area contributed by atoms with Gasteiger partial charge in [-0.3, -0.25) is 19.8 Å². The lowest BCUT2D eigenvalue weighted by Gasteiger charge is -2.39. The van der Waals surface area contributed by atoms with Crippen molar-refractivity contribution in [1.82, 2.24) is 19.5 Å². The first-order chi connectivity index (χ1) is 32.7. The minimum Gasteiger partial charge on any atom is -0.493 e. The number of anilines is 2. The molecule has 3 saturated heterocycles. The number of piperidine rings is 1. The number of allylic oxidation sites excluding steroid dienone is 1. The fraction of sp³-hybridized carbons (Fsp3) is 0.431. The molecule has 1 amide bonds. The highest BCUT2D eigenvalue weighted by atomic mass is 35.5. The first kappa shape index (κ1) is 47.4. The van der Waals surface area contributed by atoms with Crippen molar-refractivity contribution in [2.45, 2.75) is 75.8 Å². The maximum Gasteiger partial charge on any atom is 0.293 e. The van der Waals surface area contributed by atoms with Crippen LogP contribution < -0.4 is 24.4 Å². The Labute approximate surface area is 403 Å². The molecule has 0 atom stereocenters. The van der Waals surface area contributed by atoms with Crippen molar-refractivity contribution in [3.05, 3.63) is 117 Å². The molecule has 360 valence electrons. The Bertz CT molecular complexity index is 2790. The smallest absolute Gasteiger partial charge is 0.293 e. The number of carbonyl (C=O) groups is 1. The zero-order chi connectivity index (χ0) is 47.6. The van der Waals surface area contributed by atoms with Gasteiger partial charge in [-0.2, -0.15) is 0 Å². The van der Waals surface area contributed by atoms with E-state index in [9.17, 15) is 23.3 Å². The van der Waals surface area contributed by atoms with E-state index in [2.05, 4.69) is 55.7 Å². The van der Waals surface area contributed by atoms with Crippen LogP contribution in [0.4, 0.5) is 17.1 Å². The maximum absolute atomic E-state index is 14.2. The van der Waals surface area contributed by atoms with Gasteiger partial charge in [0.2, 0.25) is 0 Å². The standard InChI is InChI=1S/C51H60ClN7O8S/c1-51(2)18-12-36(43(32-51)34-4-6-37(52)7-5-34)33-56-22-24-58(25-23-56)40-8-10-42(47(29-40)67-49-28-35-13-19-53-45(35)31-48(49)65-3)50(60)55-68(63,64)41-9-11-44(46(30-41)59(61)62)54-38-14-20-57(21-15-38)39-16-26-66-27-17-39/h4-11,13,19,28-31,38-39,53-54H,12,14-18,20-27,32-33H2,1-3H3,(H,55,60). The number of fused-ring (bicyclic) bond motifs is 1. The van der Waals surface area contributed by atoms with Gasteiger partial charge < -0.3 is 34.3 Å². The van der Waals surface area contributed by atoms with Crippen LogP contribution >= 0.6 is 11.6 Å². The summed E-state index contributed by atoms with van der Waals surface area (Å²) in [5.74, 6) is -0.115. The van der Waals surface area contributed by atoms with Gasteiger partial charge in [-0.05, 0) is 110 Å². The number of halogens is 1. The molecule has 0 radical (unpaired) electrons. The van der Waals surface area contributed by atoms with Gasteiger partial charge in [0.1, 0.15) is 11.4 Å². The van der Waals surface area contributed by atoms with Crippen LogP contribution in [0.5, 0.6) is 17.2 Å². The molecule has 0 bridgehead atoms. The molecule has 0 unspecified atom stereocenters. The van der Waals surface area contributed by atoms with Gasteiger partial charge >= 0.3 is 0 Å². The van der Waals surface area contributed by atoms with Gasteiger partial charge in [-0.25, -0.2) is 13.1 Å². The van der Waals surface area contributed by atoms with Crippen LogP contribution in [0, 0.1) is 15.5 Å². The number of hydrogen-bond donors (Lipinski definition) is 3. The van der Waals surface area contributed by atoms with Crippen LogP contribution in [-0.4, -0.2) is 112 Å². The number of nitrogens with one attached hydrogen (secondary N) is 3. The summed E-state index contributed by atoms with van der Waals surface area (Å²) < 4.78 is 47.7. The molecule has 1 aromatic heterocycles. The maximum atomic E-state index is 14.2. The second-order valence-corrected chi connectivity index (χ2v) is 21.3. The molecule has 3 N–H and O–H groups in total. The summed E-state index contributed by atoms with van der Waals surface area (Å²) in [5.41, 5.74) is 5.73. The third-order valence-corrected chi connectivity index (χ3v) is 15.7. The summed E-state index contributed by atoms with van der Waals surface area (Å²) in [6.45, 7) is 11.8. The molecule has 5 aromatic rings. The number of nitro groups is 1. The SMILES string of the molecule is COc1cc2[nH]ccc2cc1Oc1cc(N2CCN(CC3=C(c4ccc(Cl)cc4)CC(C)(C)CC3)CC2)ccc1C(=O)NS(=O)(=O)c1ccc(NC2CCN(C3CCOCC3)CC2)c([N+](=O)[O-])c1. The van der Waals surface area contributed by atoms with Crippen molar-refractivity contribution in [3.8, 4) is 17.2 Å². The minimum atomic E-state index is -4.59. The van der Waals surface area contributed by atoms with Crippen molar-refractivity contribution in [2.24, 2.45) is 5.41 Å². The lowest BCUT2D eigenvalue weighted by Crippen LogP contribution is -2.47. The molecule has 1 aliphatic carbocycles. The van der Waals surface area contributed by atoms with E-state index < -0.39 is 31.4 Å². The van der Waals surface area contributed by atoms with Gasteiger partial charge in [0.15, 0.2) is 11.5 Å². The number of H-pyrrole nitrogens is 1. The van der Waals surface area contributed by atoms with Crippen LogP contribution in [0.1, 0.15) is 74.7 Å². The van der Waals surface area contributed by atoms with E-state index in [1.807, 2.05) is 18.2 Å². The van der Waals surface area contributed by atoms with Crippen LogP contribution in [0.25, 0.3) is 16.5 Å². The van der Waals surface area contributed by atoms with Crippen LogP contribution in [0.2, 0.25) is 5.02 Å². The number of methoxy groups -OCH3 is 1. The predicted molar refractivity (Wildman–Crippen MR) is 266 cm³/mol. The molecule has 9 rings (SSSR count). The number of rotatable bonds is 14. The number of hydrogen-bond acceptors (Lipinski definition) is 12. The molecule has 4 aliphatic rings. The number of benzene rings is 4. The number of ether oxygens (including phenoxy) is 3. The summed E-state index contributed by atoms with van der Waals surface area (Å²) in [7, 11) is -3.07. The number of piperazine rings is 1. The molecule has 3 aliphatic heterocycles. The number of amides is 1. The summed E-state index contributed by atoms with van der Waals surface area (Å²) in [4.78, 5) is 35.9. The molecule has 3 fully saturated rings. The molecule has 4 aromatic carbocycles. The molecule has 17 heteroatoms. The second-order valence-electron chi connectivity index (χ2n) is 19.2. The highest BCUT2D eigenvalue weighted by Crippen LogP contribution is 2.44. The van der Waals surface area contributed by atoms with Crippen molar-refractivity contribution >= 4 is 61.1 Å². The fourth-order valence-electron chi connectivity index (χ4n) is 10.2. The Kier molecular flexibility index (Phi) is 14.0. The van der Waals surface area contributed by atoms with E-state index in [4.69, 9.17) is 25.8 Å². The summed E-state index contributed by atoms with van der Waals surface area (Å²) in [6.07, 6.45) is 8.56. The first-order valence-corrected chi connectivity index (χ1v) is 25.4. The van der Waals surface area contributed by atoms with Gasteiger partial charge in [0, 0.05) is 117 Å². The zero-order valence-corrected chi connectivity index (χ0v) is 40.5. The number of aromatic nitrogens is 1. The van der Waals surface area contributed by atoms with Crippen LogP contribution in [0.15, 0.2) is 95.5 Å². The summed E-state index contributed by atoms with van der Waals surface area (Å²) in [5, 5.41) is 17.2. The van der Waals surface area contributed by atoms with Gasteiger partial charge in [-0.15, -0.1) is 0 Å². The molecule has 15 nitrogen and oxygen atoms in total. The van der Waals surface area contributed by atoms with Crippen molar-refractivity contribution in [3.63, 3.8) is 0 Å². The van der Waals surface area contributed by atoms with E-state index in [-0.39, 0.29) is 28.5 Å². The summed E-state index contributed by atoms with van der Waals surface area (Å²) >= 11 is 6.26. The van der Waals surface area contributed by atoms with Crippen molar-refractivity contribution in [1.29, 1.82) is 0 Å². The highest BCUT2D eigenvalue weighted by Gasteiger charge is 2.32. The Morgan fingerprint density at radius 1 is 0.912 bits per heavy atom. The number of nitro benzene ring substituents is 1. The molecular weight excluding hydrogens is 906 g/mol. The third-order valence-electron chi connectivity index (χ3n) is 14.1. The van der Waals surface area contributed by atoms with Crippen LogP contribution in [-0.2, 0) is 14.8 Å². The quantitative estimate of drug-likeness (QED) is 0.0713. The zero-order valence-electron chi connectivity index (χ0n) is 38.9. The van der Waals surface area contributed by atoms with Gasteiger partial charge in [-0.1, -0.05) is 43.2 Å². The predicted octanol–water partition coefficient (Wildman–Crippen LogP) is 9.49. The van der Waals surface area contributed by atoms with Crippen molar-refractivity contribution in [2.75, 3.05) is 76.4 Å². The number of aromatic amines is 1. The average molecular weight is 967 g/mol. The Morgan fingerprint density at radius 2 is 1.66 bits per heavy atom. The number of carbonyl (C=O) groups excluding carboxylic acids is 1. The minimum absolute atomic E-state index is 0.0187. The molecule has 0 spiro atoms. The molecule has 4 heterocycles. The molecule has 68 heavy (non-hydrogen) atoms. The van der Waals surface area contributed by atoms with E-state index in [0.717, 1.165) is 119 Å². The molecule has 0 saturated carbocycles. The monoisotopic (exact) mass is 965 g/mol. The topological polar surface area (TPSA) is 172 Å². The van der Waals surface area contributed by atoms with Crippen molar-refractivity contribution < 1.29 is 32.3 Å². The highest BCUT2D eigenvalue weighted by molar-refractivity contribution is 7.90. The fourth-order valence-corrected chi connectivity index (χ4v) is 11.3. The van der Waals surface area contributed by atoms with E-state index in [0.29, 0.717) is 30.6 Å². The largest absolute Gasteiger partial charge is 0.493 e. The summed E-state index contributed by atoms with van der Waals surface area (Å²) in [6, 6.07) is 22.9. The molecular formula is C51H60ClN7O8S. The Balaban J connectivity index is 0.926. The number of nitrogens with zero attached hydrogens (tertiary/aromatic N) is 4. The average Bonchev–Trinajstić information content (AvgIpc) is 3.80. The number of likely N-dealkylation sites (tertiary alicyclic amines) is 1. The van der Waals surface area contributed by atoms with E-state index in [1.54, 1.807) is 36.5 Å². The van der Waals surface area contributed by atoms with E-state index >= 15 is 0 Å². The lowest BCUT2D eigenvalue weighted by atomic mass is 9.72. The Morgan fingerprint density at radius 3 is 2.38 bits per heavy atom. The third kappa shape index (κ3) is 10.8. The van der Waals surface area contributed by atoms with Crippen LogP contribution in [0.3, 0.4) is 0 Å². The number of sulfonamides is 1. The van der Waals surface area contributed by atoms with E-state index in [1.165, 1.54) is 36.0 Å². The van der Waals surface area contributed by atoms with Gasteiger partial charge in [0.05, 0.1) is 22.5 Å².